The number of benzene rings is 2. The first-order valence-electron chi connectivity index (χ1n) is 11.6. The van der Waals surface area contributed by atoms with E-state index < -0.39 is 28.7 Å². The monoisotopic (exact) mass is 505 g/mol. The molecule has 2 aromatic carbocycles. The largest absolute Gasteiger partial charge is 0.459 e. The summed E-state index contributed by atoms with van der Waals surface area (Å²) in [6.07, 6.45) is 2.88. The van der Waals surface area contributed by atoms with E-state index in [0.717, 1.165) is 5.56 Å². The van der Waals surface area contributed by atoms with Crippen molar-refractivity contribution in [2.24, 2.45) is 5.92 Å². The molecule has 1 atom stereocenters. The van der Waals surface area contributed by atoms with Crippen LogP contribution in [0.2, 0.25) is 0 Å². The minimum Gasteiger partial charge on any atom is -0.459 e. The second-order valence-electron chi connectivity index (χ2n) is 8.59. The number of ether oxygens (including phenoxy) is 1. The van der Waals surface area contributed by atoms with Gasteiger partial charge in [0.05, 0.1) is 11.2 Å². The molecule has 3 aromatic rings. The van der Waals surface area contributed by atoms with E-state index in [-0.39, 0.29) is 36.1 Å². The minimum atomic E-state index is -0.995. The van der Waals surface area contributed by atoms with Crippen molar-refractivity contribution >= 4 is 29.5 Å². The number of nitro benzene ring substituents is 1. The molecule has 1 aromatic heterocycles. The van der Waals surface area contributed by atoms with Crippen LogP contribution in [-0.2, 0) is 20.9 Å². The van der Waals surface area contributed by atoms with E-state index in [1.807, 2.05) is 44.2 Å². The zero-order valence-electron chi connectivity index (χ0n) is 20.4. The lowest BCUT2D eigenvalue weighted by Crippen LogP contribution is -2.45. The molecule has 2 amide bonds. The van der Waals surface area contributed by atoms with Gasteiger partial charge < -0.3 is 19.8 Å². The number of hydrogen-bond donors (Lipinski definition) is 2. The SMILES string of the molecule is CC(C)C[C@@H](NC(=O)/C(=C/c1cccc([N+](=O)[O-])c1)NC(=O)c1ccco1)C(=O)OCc1ccccc1. The molecule has 0 aliphatic heterocycles. The van der Waals surface area contributed by atoms with Gasteiger partial charge in [0, 0.05) is 12.1 Å². The predicted octanol–water partition coefficient (Wildman–Crippen LogP) is 4.23. The first-order chi connectivity index (χ1) is 17.7. The summed E-state index contributed by atoms with van der Waals surface area (Å²) in [4.78, 5) is 49.4. The summed E-state index contributed by atoms with van der Waals surface area (Å²) in [5.41, 5.74) is 0.674. The fourth-order valence-electron chi connectivity index (χ4n) is 3.40. The van der Waals surface area contributed by atoms with Crippen LogP contribution < -0.4 is 10.6 Å². The Kier molecular flexibility index (Phi) is 9.31. The zero-order valence-corrected chi connectivity index (χ0v) is 20.4. The van der Waals surface area contributed by atoms with Crippen LogP contribution in [0.1, 0.15) is 41.9 Å². The van der Waals surface area contributed by atoms with Gasteiger partial charge in [-0.05, 0) is 41.7 Å². The third-order valence-corrected chi connectivity index (χ3v) is 5.15. The highest BCUT2D eigenvalue weighted by atomic mass is 16.6. The molecule has 0 unspecified atom stereocenters. The molecule has 3 rings (SSSR count). The highest BCUT2D eigenvalue weighted by molar-refractivity contribution is 6.05. The summed E-state index contributed by atoms with van der Waals surface area (Å²) in [5.74, 6) is -2.11. The molecule has 0 radical (unpaired) electrons. The maximum atomic E-state index is 13.3. The van der Waals surface area contributed by atoms with Crippen molar-refractivity contribution in [3.63, 3.8) is 0 Å². The third kappa shape index (κ3) is 8.17. The summed E-state index contributed by atoms with van der Waals surface area (Å²) >= 11 is 0. The minimum absolute atomic E-state index is 0.0374. The Morgan fingerprint density at radius 3 is 2.46 bits per heavy atom. The smallest absolute Gasteiger partial charge is 0.328 e. The third-order valence-electron chi connectivity index (χ3n) is 5.15. The number of carbonyl (C=O) groups is 3. The van der Waals surface area contributed by atoms with Gasteiger partial charge in [-0.2, -0.15) is 0 Å². The molecule has 10 heteroatoms. The molecule has 1 heterocycles. The van der Waals surface area contributed by atoms with E-state index in [9.17, 15) is 24.5 Å². The second kappa shape index (κ2) is 12.8. The lowest BCUT2D eigenvalue weighted by Gasteiger charge is -2.20. The molecule has 0 fully saturated rings. The number of nitrogens with one attached hydrogen (secondary N) is 2. The molecule has 0 aliphatic rings. The van der Waals surface area contributed by atoms with Crippen molar-refractivity contribution in [1.82, 2.24) is 10.6 Å². The molecule has 0 aliphatic carbocycles. The fourth-order valence-corrected chi connectivity index (χ4v) is 3.40. The van der Waals surface area contributed by atoms with E-state index in [1.165, 1.54) is 42.7 Å². The van der Waals surface area contributed by atoms with Gasteiger partial charge in [-0.25, -0.2) is 4.79 Å². The van der Waals surface area contributed by atoms with Crippen LogP contribution >= 0.6 is 0 Å². The Hall–Kier alpha value is -4.73. The highest BCUT2D eigenvalue weighted by Crippen LogP contribution is 2.16. The summed E-state index contributed by atoms with van der Waals surface area (Å²) in [5, 5.41) is 16.3. The van der Waals surface area contributed by atoms with Crippen molar-refractivity contribution in [3.8, 4) is 0 Å². The molecular weight excluding hydrogens is 478 g/mol. The van der Waals surface area contributed by atoms with E-state index in [4.69, 9.17) is 9.15 Å². The molecule has 2 N–H and O–H groups in total. The Labute approximate surface area is 213 Å². The fraction of sp³-hybridized carbons (Fsp3) is 0.222. The average molecular weight is 506 g/mol. The number of amides is 2. The van der Waals surface area contributed by atoms with Crippen LogP contribution in [0.25, 0.3) is 6.08 Å². The quantitative estimate of drug-likeness (QED) is 0.172. The normalized spacial score (nSPS) is 12.0. The molecule has 10 nitrogen and oxygen atoms in total. The van der Waals surface area contributed by atoms with Gasteiger partial charge in [0.15, 0.2) is 5.76 Å². The first-order valence-corrected chi connectivity index (χ1v) is 11.6. The second-order valence-corrected chi connectivity index (χ2v) is 8.59. The zero-order chi connectivity index (χ0) is 26.8. The highest BCUT2D eigenvalue weighted by Gasteiger charge is 2.26. The van der Waals surface area contributed by atoms with Crippen molar-refractivity contribution in [1.29, 1.82) is 0 Å². The van der Waals surface area contributed by atoms with Crippen LogP contribution in [-0.4, -0.2) is 28.7 Å². The number of nitro groups is 1. The van der Waals surface area contributed by atoms with Gasteiger partial charge in [0.25, 0.3) is 17.5 Å². The molecular formula is C27H27N3O7. The van der Waals surface area contributed by atoms with E-state index in [1.54, 1.807) is 6.07 Å². The van der Waals surface area contributed by atoms with Gasteiger partial charge in [0.1, 0.15) is 18.3 Å². The predicted molar refractivity (Wildman–Crippen MR) is 135 cm³/mol. The summed E-state index contributed by atoms with van der Waals surface area (Å²) in [7, 11) is 0. The Balaban J connectivity index is 1.84. The lowest BCUT2D eigenvalue weighted by molar-refractivity contribution is -0.384. The standard InChI is InChI=1S/C27H27N3O7/c1-18(2)14-23(27(33)37-17-19-8-4-3-5-9-19)29-25(31)22(28-26(32)24-12-7-13-36-24)16-20-10-6-11-21(15-20)30(34)35/h3-13,15-16,18,23H,14,17H2,1-2H3,(H,28,32)(H,29,31)/b22-16-/t23-/m1/s1. The van der Waals surface area contributed by atoms with Crippen molar-refractivity contribution in [3.05, 3.63) is 106 Å². The summed E-state index contributed by atoms with van der Waals surface area (Å²) in [6.45, 7) is 3.82. The van der Waals surface area contributed by atoms with Gasteiger partial charge in [-0.3, -0.25) is 19.7 Å². The van der Waals surface area contributed by atoms with E-state index in [0.29, 0.717) is 5.56 Å². The maximum absolute atomic E-state index is 13.3. The van der Waals surface area contributed by atoms with Crippen LogP contribution in [0, 0.1) is 16.0 Å². The van der Waals surface area contributed by atoms with E-state index in [2.05, 4.69) is 10.6 Å². The molecule has 0 saturated heterocycles. The molecule has 0 saturated carbocycles. The van der Waals surface area contributed by atoms with Gasteiger partial charge in [0.2, 0.25) is 0 Å². The van der Waals surface area contributed by atoms with Gasteiger partial charge in [-0.1, -0.05) is 56.3 Å². The number of hydrogen-bond acceptors (Lipinski definition) is 7. The van der Waals surface area contributed by atoms with Crippen molar-refractivity contribution in [2.75, 3.05) is 0 Å². The van der Waals surface area contributed by atoms with Crippen LogP contribution in [0.4, 0.5) is 5.69 Å². The van der Waals surface area contributed by atoms with E-state index >= 15 is 0 Å². The maximum Gasteiger partial charge on any atom is 0.328 e. The Morgan fingerprint density at radius 1 is 1.05 bits per heavy atom. The molecule has 37 heavy (non-hydrogen) atoms. The van der Waals surface area contributed by atoms with Gasteiger partial charge in [-0.15, -0.1) is 0 Å². The van der Waals surface area contributed by atoms with Crippen molar-refractivity contribution in [2.45, 2.75) is 32.9 Å². The summed E-state index contributed by atoms with van der Waals surface area (Å²) in [6, 6.07) is 16.6. The molecule has 0 spiro atoms. The molecule has 192 valence electrons. The number of furan rings is 1. The number of non-ortho nitro benzene ring substituents is 1. The van der Waals surface area contributed by atoms with Gasteiger partial charge >= 0.3 is 5.97 Å². The topological polar surface area (TPSA) is 141 Å². The Morgan fingerprint density at radius 2 is 1.81 bits per heavy atom. The Bertz CT molecular complexity index is 1270. The number of nitrogens with zero attached hydrogens (tertiary/aromatic N) is 1. The molecule has 0 bridgehead atoms. The van der Waals surface area contributed by atoms with Crippen LogP contribution in [0.3, 0.4) is 0 Å². The first kappa shape index (κ1) is 26.9. The number of carbonyl (C=O) groups excluding carboxylic acids is 3. The number of esters is 1. The summed E-state index contributed by atoms with van der Waals surface area (Å²) < 4.78 is 10.5. The average Bonchev–Trinajstić information content (AvgIpc) is 3.42. The van der Waals surface area contributed by atoms with Crippen LogP contribution in [0.5, 0.6) is 0 Å². The number of rotatable bonds is 11. The lowest BCUT2D eigenvalue weighted by atomic mass is 10.0. The van der Waals surface area contributed by atoms with Crippen LogP contribution in [0.15, 0.2) is 83.1 Å². The van der Waals surface area contributed by atoms with Crippen molar-refractivity contribution < 1.29 is 28.5 Å².